The van der Waals surface area contributed by atoms with Gasteiger partial charge in [0.15, 0.2) is 5.13 Å². The molecule has 1 heterocycles. The van der Waals surface area contributed by atoms with Crippen molar-refractivity contribution in [1.82, 2.24) is 4.98 Å². The summed E-state index contributed by atoms with van der Waals surface area (Å²) in [5.74, 6) is 0.0217. The first-order valence-electron chi connectivity index (χ1n) is 7.56. The highest BCUT2D eigenvalue weighted by molar-refractivity contribution is 9.10. The lowest BCUT2D eigenvalue weighted by molar-refractivity contribution is -0.118. The third kappa shape index (κ3) is 4.01. The van der Waals surface area contributed by atoms with E-state index in [4.69, 9.17) is 4.74 Å². The molecule has 0 radical (unpaired) electrons. The number of nitrogens with zero attached hydrogens (tertiary/aromatic N) is 2. The molecule has 0 aliphatic rings. The average Bonchev–Trinajstić information content (AvgIpc) is 3.01. The van der Waals surface area contributed by atoms with Crippen LogP contribution in [0.4, 0.5) is 5.13 Å². The topological polar surface area (TPSA) is 42.4 Å². The van der Waals surface area contributed by atoms with Gasteiger partial charge in [-0.2, -0.15) is 0 Å². The monoisotopic (exact) mass is 404 g/mol. The lowest BCUT2D eigenvalue weighted by Gasteiger charge is -2.19. The van der Waals surface area contributed by atoms with E-state index < -0.39 is 0 Å². The van der Waals surface area contributed by atoms with Crippen molar-refractivity contribution in [3.05, 3.63) is 58.6 Å². The molecule has 0 atom stereocenters. The number of hydrogen-bond acceptors (Lipinski definition) is 4. The van der Waals surface area contributed by atoms with Gasteiger partial charge in [0.05, 0.1) is 29.8 Å². The van der Waals surface area contributed by atoms with Crippen molar-refractivity contribution in [2.45, 2.75) is 6.42 Å². The van der Waals surface area contributed by atoms with E-state index in [1.807, 2.05) is 48.5 Å². The Morgan fingerprint density at radius 1 is 1.21 bits per heavy atom. The molecule has 2 aromatic carbocycles. The number of carbonyl (C=O) groups excluding carboxylic acids is 1. The molecular weight excluding hydrogens is 388 g/mol. The second-order valence-electron chi connectivity index (χ2n) is 5.31. The van der Waals surface area contributed by atoms with Gasteiger partial charge in [0.1, 0.15) is 0 Å². The highest BCUT2D eigenvalue weighted by atomic mass is 79.9. The van der Waals surface area contributed by atoms with E-state index in [1.165, 1.54) is 11.3 Å². The molecule has 1 amide bonds. The lowest BCUT2D eigenvalue weighted by atomic mass is 10.1. The fraction of sp³-hybridized carbons (Fsp3) is 0.222. The Kier molecular flexibility index (Phi) is 5.60. The highest BCUT2D eigenvalue weighted by Gasteiger charge is 2.19. The van der Waals surface area contributed by atoms with E-state index in [9.17, 15) is 4.79 Å². The second-order valence-corrected chi connectivity index (χ2v) is 7.23. The van der Waals surface area contributed by atoms with Gasteiger partial charge in [-0.3, -0.25) is 9.69 Å². The van der Waals surface area contributed by atoms with E-state index in [0.717, 1.165) is 25.4 Å². The number of carbonyl (C=O) groups is 1. The summed E-state index contributed by atoms with van der Waals surface area (Å²) in [5.41, 5.74) is 1.89. The summed E-state index contributed by atoms with van der Waals surface area (Å²) in [6.07, 6.45) is 0.340. The van der Waals surface area contributed by atoms with Crippen LogP contribution in [0.5, 0.6) is 0 Å². The first-order valence-corrected chi connectivity index (χ1v) is 9.17. The number of ether oxygens (including phenoxy) is 1. The van der Waals surface area contributed by atoms with Gasteiger partial charge in [-0.25, -0.2) is 4.98 Å². The molecular formula is C18H17BrN2O2S. The number of halogens is 1. The fourth-order valence-corrected chi connectivity index (χ4v) is 3.63. The number of para-hydroxylation sites is 1. The number of amides is 1. The quantitative estimate of drug-likeness (QED) is 0.615. The number of hydrogen-bond donors (Lipinski definition) is 0. The summed E-state index contributed by atoms with van der Waals surface area (Å²) in [6, 6.07) is 15.7. The van der Waals surface area contributed by atoms with Crippen LogP contribution < -0.4 is 4.90 Å². The smallest absolute Gasteiger partial charge is 0.233 e. The maximum absolute atomic E-state index is 12.8. The van der Waals surface area contributed by atoms with Gasteiger partial charge in [0, 0.05) is 11.6 Å². The molecule has 1 aromatic heterocycles. The van der Waals surface area contributed by atoms with Gasteiger partial charge in [0.2, 0.25) is 5.91 Å². The molecule has 6 heteroatoms. The summed E-state index contributed by atoms with van der Waals surface area (Å²) in [5, 5.41) is 0.718. The van der Waals surface area contributed by atoms with Crippen molar-refractivity contribution in [3.8, 4) is 0 Å². The van der Waals surface area contributed by atoms with Crippen molar-refractivity contribution >= 4 is 48.5 Å². The number of aromatic nitrogens is 1. The Morgan fingerprint density at radius 3 is 2.67 bits per heavy atom. The summed E-state index contributed by atoms with van der Waals surface area (Å²) < 4.78 is 7.24. The van der Waals surface area contributed by atoms with Crippen molar-refractivity contribution in [2.75, 3.05) is 25.2 Å². The molecule has 124 valence electrons. The maximum Gasteiger partial charge on any atom is 0.233 e. The van der Waals surface area contributed by atoms with Crippen LogP contribution in [0.2, 0.25) is 0 Å². The summed E-state index contributed by atoms with van der Waals surface area (Å²) in [7, 11) is 1.63. The first-order chi connectivity index (χ1) is 11.7. The van der Waals surface area contributed by atoms with Crippen LogP contribution in [0, 0.1) is 0 Å². The maximum atomic E-state index is 12.8. The van der Waals surface area contributed by atoms with Gasteiger partial charge in [0.25, 0.3) is 0 Å². The van der Waals surface area contributed by atoms with E-state index in [1.54, 1.807) is 12.0 Å². The third-order valence-corrected chi connectivity index (χ3v) is 5.19. The summed E-state index contributed by atoms with van der Waals surface area (Å²) in [4.78, 5) is 19.1. The van der Waals surface area contributed by atoms with Crippen LogP contribution in [-0.4, -0.2) is 31.2 Å². The van der Waals surface area contributed by atoms with E-state index >= 15 is 0 Å². The number of anilines is 1. The van der Waals surface area contributed by atoms with Crippen molar-refractivity contribution < 1.29 is 9.53 Å². The minimum atomic E-state index is 0.0217. The van der Waals surface area contributed by atoms with Gasteiger partial charge < -0.3 is 4.74 Å². The average molecular weight is 405 g/mol. The number of fused-ring (bicyclic) bond motifs is 1. The van der Waals surface area contributed by atoms with Gasteiger partial charge >= 0.3 is 0 Å². The van der Waals surface area contributed by atoms with Crippen molar-refractivity contribution in [2.24, 2.45) is 0 Å². The van der Waals surface area contributed by atoms with Crippen LogP contribution in [0.25, 0.3) is 10.2 Å². The van der Waals surface area contributed by atoms with E-state index in [-0.39, 0.29) is 5.91 Å². The molecule has 0 saturated carbocycles. The van der Waals surface area contributed by atoms with Crippen molar-refractivity contribution in [3.63, 3.8) is 0 Å². The molecule has 0 fully saturated rings. The molecule has 24 heavy (non-hydrogen) atoms. The van der Waals surface area contributed by atoms with E-state index in [0.29, 0.717) is 19.6 Å². The van der Waals surface area contributed by atoms with Crippen molar-refractivity contribution in [1.29, 1.82) is 0 Å². The van der Waals surface area contributed by atoms with Crippen LogP contribution in [0.1, 0.15) is 5.56 Å². The zero-order valence-electron chi connectivity index (χ0n) is 13.2. The Bertz CT molecular complexity index is 799. The minimum Gasteiger partial charge on any atom is -0.383 e. The molecule has 0 aliphatic heterocycles. The fourth-order valence-electron chi connectivity index (χ4n) is 2.36. The Balaban J connectivity index is 1.84. The van der Waals surface area contributed by atoms with Crippen LogP contribution in [0.3, 0.4) is 0 Å². The standard InChI is InChI=1S/C18H17BrN2O2S/c1-23-11-10-21(17(22)12-13-6-8-14(19)9-7-13)18-20-15-4-2-3-5-16(15)24-18/h2-9H,10-12H2,1H3. The zero-order chi connectivity index (χ0) is 16.9. The van der Waals surface area contributed by atoms with Gasteiger partial charge in [-0.15, -0.1) is 0 Å². The zero-order valence-corrected chi connectivity index (χ0v) is 15.6. The van der Waals surface area contributed by atoms with Crippen LogP contribution in [-0.2, 0) is 16.0 Å². The summed E-state index contributed by atoms with van der Waals surface area (Å²) >= 11 is 4.94. The molecule has 4 nitrogen and oxygen atoms in total. The van der Waals surface area contributed by atoms with Crippen LogP contribution in [0.15, 0.2) is 53.0 Å². The largest absolute Gasteiger partial charge is 0.383 e. The lowest BCUT2D eigenvalue weighted by Crippen LogP contribution is -2.35. The number of rotatable bonds is 6. The predicted octanol–water partition coefficient (Wildman–Crippen LogP) is 4.28. The number of thiazole rings is 1. The second kappa shape index (κ2) is 7.88. The van der Waals surface area contributed by atoms with Crippen LogP contribution >= 0.6 is 27.3 Å². The molecule has 0 aliphatic carbocycles. The normalized spacial score (nSPS) is 10.9. The molecule has 0 saturated heterocycles. The highest BCUT2D eigenvalue weighted by Crippen LogP contribution is 2.29. The summed E-state index contributed by atoms with van der Waals surface area (Å²) in [6.45, 7) is 0.966. The number of benzene rings is 2. The Hall–Kier alpha value is -1.76. The minimum absolute atomic E-state index is 0.0217. The first kappa shape index (κ1) is 17.1. The predicted molar refractivity (Wildman–Crippen MR) is 102 cm³/mol. The number of methoxy groups -OCH3 is 1. The molecule has 0 unspecified atom stereocenters. The SMILES string of the molecule is COCCN(C(=O)Cc1ccc(Br)cc1)c1nc2ccccc2s1. The third-order valence-electron chi connectivity index (χ3n) is 3.60. The molecule has 0 bridgehead atoms. The Morgan fingerprint density at radius 2 is 1.96 bits per heavy atom. The molecule has 3 aromatic rings. The van der Waals surface area contributed by atoms with Gasteiger partial charge in [-0.1, -0.05) is 51.5 Å². The Labute approximate surface area is 153 Å². The van der Waals surface area contributed by atoms with E-state index in [2.05, 4.69) is 20.9 Å². The molecule has 3 rings (SSSR count). The van der Waals surface area contributed by atoms with Gasteiger partial charge in [-0.05, 0) is 29.8 Å². The molecule has 0 N–H and O–H groups in total. The molecule has 0 spiro atoms.